The van der Waals surface area contributed by atoms with Crippen LogP contribution in [0.3, 0.4) is 0 Å². The molecule has 0 atom stereocenters. The normalized spacial score (nSPS) is 14.0. The first-order chi connectivity index (χ1) is 37.7. The Morgan fingerprint density at radius 2 is 0.697 bits per heavy atom. The average molecular weight is 963 g/mol. The highest BCUT2D eigenvalue weighted by Gasteiger charge is 2.53. The van der Waals surface area contributed by atoms with Crippen molar-refractivity contribution in [3.8, 4) is 61.3 Å². The molecule has 2 heteroatoms. The minimum atomic E-state index is -0.546. The molecule has 0 N–H and O–H groups in total. The van der Waals surface area contributed by atoms with E-state index in [4.69, 9.17) is 0 Å². The summed E-state index contributed by atoms with van der Waals surface area (Å²) in [5, 5.41) is 2.53. The zero-order chi connectivity index (χ0) is 49.7. The summed E-state index contributed by atoms with van der Waals surface area (Å²) in [7, 11) is 0. The van der Waals surface area contributed by atoms with E-state index < -0.39 is 10.8 Å². The van der Waals surface area contributed by atoms with Crippen LogP contribution in [0.4, 0.5) is 17.1 Å². The van der Waals surface area contributed by atoms with Crippen LogP contribution in [0, 0.1) is 0 Å². The third-order valence-electron chi connectivity index (χ3n) is 17.6. The van der Waals surface area contributed by atoms with E-state index in [0.717, 1.165) is 17.1 Å². The van der Waals surface area contributed by atoms with Crippen LogP contribution in [0.25, 0.3) is 83.1 Å². The molecule has 2 nitrogen and oxygen atoms in total. The predicted molar refractivity (Wildman–Crippen MR) is 313 cm³/mol. The summed E-state index contributed by atoms with van der Waals surface area (Å²) in [6, 6.07) is 105. The zero-order valence-electron chi connectivity index (χ0n) is 41.5. The summed E-state index contributed by atoms with van der Waals surface area (Å²) in [4.78, 5) is 2.55. The zero-order valence-corrected chi connectivity index (χ0v) is 41.5. The van der Waals surface area contributed by atoms with Crippen LogP contribution < -0.4 is 4.90 Å². The van der Waals surface area contributed by atoms with E-state index in [1.54, 1.807) is 0 Å². The fourth-order valence-electron chi connectivity index (χ4n) is 14.7. The Morgan fingerprint density at radius 1 is 0.276 bits per heavy atom. The fourth-order valence-corrected chi connectivity index (χ4v) is 14.7. The molecule has 0 bridgehead atoms. The second-order valence-corrected chi connectivity index (χ2v) is 21.0. The lowest BCUT2D eigenvalue weighted by atomic mass is 9.65. The van der Waals surface area contributed by atoms with Gasteiger partial charge in [-0.2, -0.15) is 0 Å². The molecule has 0 fully saturated rings. The Morgan fingerprint density at radius 3 is 1.30 bits per heavy atom. The van der Waals surface area contributed by atoms with Gasteiger partial charge < -0.3 is 9.47 Å². The van der Waals surface area contributed by atoms with Gasteiger partial charge in [0.1, 0.15) is 0 Å². The molecule has 1 aromatic heterocycles. The van der Waals surface area contributed by atoms with Crippen molar-refractivity contribution in [3.05, 3.63) is 324 Å². The number of fused-ring (bicyclic) bond motifs is 22. The number of hydrogen-bond acceptors (Lipinski definition) is 1. The molecular weight excluding hydrogens is 917 g/mol. The highest BCUT2D eigenvalue weighted by molar-refractivity contribution is 6.13. The van der Waals surface area contributed by atoms with Gasteiger partial charge in [0.05, 0.1) is 33.2 Å². The molecule has 0 radical (unpaired) electrons. The van der Waals surface area contributed by atoms with Gasteiger partial charge in [-0.25, -0.2) is 0 Å². The molecule has 2 heterocycles. The maximum Gasteiger partial charge on any atom is 0.0754 e. The highest BCUT2D eigenvalue weighted by atomic mass is 15.2. The average Bonchev–Trinajstić information content (AvgIpc) is 4.39. The molecule has 1 aliphatic heterocycles. The Labute approximate surface area is 441 Å². The maximum atomic E-state index is 2.58. The molecule has 12 aromatic carbocycles. The maximum absolute atomic E-state index is 2.58. The minimum Gasteiger partial charge on any atom is -0.310 e. The summed E-state index contributed by atoms with van der Waals surface area (Å²) in [5.74, 6) is 0. The van der Waals surface area contributed by atoms with E-state index in [0.29, 0.717) is 0 Å². The first kappa shape index (κ1) is 41.7. The van der Waals surface area contributed by atoms with Crippen molar-refractivity contribution in [2.45, 2.75) is 10.8 Å². The molecule has 76 heavy (non-hydrogen) atoms. The van der Waals surface area contributed by atoms with Gasteiger partial charge >= 0.3 is 0 Å². The molecule has 0 unspecified atom stereocenters. The van der Waals surface area contributed by atoms with Crippen molar-refractivity contribution in [2.24, 2.45) is 0 Å². The Bertz CT molecular complexity index is 4480. The second-order valence-electron chi connectivity index (χ2n) is 21.0. The highest BCUT2D eigenvalue weighted by Crippen LogP contribution is 2.66. The van der Waals surface area contributed by atoms with Crippen LogP contribution in [-0.2, 0) is 10.8 Å². The van der Waals surface area contributed by atoms with Gasteiger partial charge in [-0.3, -0.25) is 0 Å². The molecule has 13 aromatic rings. The van der Waals surface area contributed by atoms with Crippen LogP contribution in [0.5, 0.6) is 0 Å². The quantitative estimate of drug-likeness (QED) is 0.167. The Balaban J connectivity index is 0.940. The summed E-state index contributed by atoms with van der Waals surface area (Å²) < 4.78 is 2.58. The standard InChI is InChI=1S/C74H46N2/c1-2-18-47(19-3-1)48-36-38-49(39-37-48)50-40-42-51(43-41-50)75(69-35-17-32-66-71(69)59-25-8-14-31-64(59)73(66)60-27-10-4-20-53(60)54-21-5-11-28-61(54)73)52-44-45-65-70(46-52)76-68-34-15-9-24-57(68)58-26-16-33-67(72(58)76)74(65)62-29-12-6-22-55(62)56-23-7-13-30-63(56)74/h1-46H. The van der Waals surface area contributed by atoms with E-state index in [9.17, 15) is 0 Å². The van der Waals surface area contributed by atoms with Crippen LogP contribution in [0.2, 0.25) is 0 Å². The first-order valence-corrected chi connectivity index (χ1v) is 26.6. The molecule has 0 amide bonds. The van der Waals surface area contributed by atoms with Gasteiger partial charge in [0, 0.05) is 27.7 Å². The summed E-state index contributed by atoms with van der Waals surface area (Å²) >= 11 is 0. The third-order valence-corrected chi connectivity index (χ3v) is 17.6. The monoisotopic (exact) mass is 962 g/mol. The van der Waals surface area contributed by atoms with Crippen molar-refractivity contribution in [3.63, 3.8) is 0 Å². The van der Waals surface area contributed by atoms with Gasteiger partial charge in [0.2, 0.25) is 0 Å². The smallest absolute Gasteiger partial charge is 0.0754 e. The molecule has 3 aliphatic carbocycles. The lowest BCUT2D eigenvalue weighted by molar-refractivity contribution is 0.748. The number of nitrogens with zero attached hydrogens (tertiary/aromatic N) is 2. The minimum absolute atomic E-state index is 0.485. The summed E-state index contributed by atoms with van der Waals surface area (Å²) in [6.45, 7) is 0. The predicted octanol–water partition coefficient (Wildman–Crippen LogP) is 18.6. The Kier molecular flexibility index (Phi) is 8.44. The topological polar surface area (TPSA) is 8.17 Å². The third kappa shape index (κ3) is 5.25. The van der Waals surface area contributed by atoms with Crippen LogP contribution in [-0.4, -0.2) is 4.57 Å². The summed E-state index contributed by atoms with van der Waals surface area (Å²) in [6.07, 6.45) is 0. The van der Waals surface area contributed by atoms with Crippen LogP contribution in [0.1, 0.15) is 44.5 Å². The number of rotatable bonds is 5. The number of aromatic nitrogens is 1. The lowest BCUT2D eigenvalue weighted by Gasteiger charge is -2.40. The molecule has 0 saturated carbocycles. The van der Waals surface area contributed by atoms with Crippen molar-refractivity contribution in [2.75, 3.05) is 4.90 Å². The largest absolute Gasteiger partial charge is 0.310 e. The molecule has 0 saturated heterocycles. The van der Waals surface area contributed by atoms with Gasteiger partial charge in [-0.05, 0) is 131 Å². The number of anilines is 3. The van der Waals surface area contributed by atoms with Crippen molar-refractivity contribution < 1.29 is 0 Å². The fraction of sp³-hybridized carbons (Fsp3) is 0.0270. The van der Waals surface area contributed by atoms with Crippen LogP contribution >= 0.6 is 0 Å². The molecule has 4 aliphatic rings. The molecule has 352 valence electrons. The second kappa shape index (κ2) is 15.4. The van der Waals surface area contributed by atoms with E-state index in [1.165, 1.54) is 128 Å². The van der Waals surface area contributed by atoms with Gasteiger partial charge in [-0.15, -0.1) is 0 Å². The Hall–Kier alpha value is -9.76. The SMILES string of the molecule is c1ccc(-c2ccc(-c3ccc(N(c4ccc5c(c4)-n4c6ccccc6c6cccc(c64)C54c5ccccc5-c5ccccc54)c4cccc5c4-c4ccccc4C54c5ccccc5-c5ccccc54)cc3)cc2)cc1. The lowest BCUT2D eigenvalue weighted by Crippen LogP contribution is -2.33. The van der Waals surface area contributed by atoms with Crippen LogP contribution in [0.15, 0.2) is 279 Å². The number of benzene rings is 12. The van der Waals surface area contributed by atoms with Crippen molar-refractivity contribution in [1.29, 1.82) is 0 Å². The van der Waals surface area contributed by atoms with E-state index in [2.05, 4.69) is 289 Å². The number of para-hydroxylation sites is 2. The van der Waals surface area contributed by atoms with Gasteiger partial charge in [0.15, 0.2) is 0 Å². The summed E-state index contributed by atoms with van der Waals surface area (Å²) in [5.41, 5.74) is 29.1. The van der Waals surface area contributed by atoms with E-state index in [-0.39, 0.29) is 0 Å². The molecular formula is C74H46N2. The van der Waals surface area contributed by atoms with Gasteiger partial charge in [-0.1, -0.05) is 243 Å². The van der Waals surface area contributed by atoms with Gasteiger partial charge in [0.25, 0.3) is 0 Å². The number of hydrogen-bond donors (Lipinski definition) is 0. The van der Waals surface area contributed by atoms with E-state index in [1.807, 2.05) is 0 Å². The van der Waals surface area contributed by atoms with Crippen molar-refractivity contribution in [1.82, 2.24) is 4.57 Å². The van der Waals surface area contributed by atoms with E-state index >= 15 is 0 Å². The molecule has 17 rings (SSSR count). The first-order valence-electron chi connectivity index (χ1n) is 26.6. The van der Waals surface area contributed by atoms with Crippen molar-refractivity contribution >= 4 is 38.9 Å². The molecule has 2 spiro atoms.